The summed E-state index contributed by atoms with van der Waals surface area (Å²) in [4.78, 5) is 14.2. The second-order valence-corrected chi connectivity index (χ2v) is 6.82. The van der Waals surface area contributed by atoms with Gasteiger partial charge in [-0.25, -0.2) is 0 Å². The number of carboxylic acids is 1. The summed E-state index contributed by atoms with van der Waals surface area (Å²) in [6, 6.07) is 13.2. The summed E-state index contributed by atoms with van der Waals surface area (Å²) >= 11 is 0. The highest BCUT2D eigenvalue weighted by Gasteiger charge is 2.17. The quantitative estimate of drug-likeness (QED) is 0.728. The Hall–Kier alpha value is -3.08. The molecule has 1 aliphatic rings. The van der Waals surface area contributed by atoms with Gasteiger partial charge in [-0.3, -0.25) is 4.90 Å². The van der Waals surface area contributed by atoms with Crippen molar-refractivity contribution >= 4 is 11.7 Å². The maximum absolute atomic E-state index is 11.9. The lowest BCUT2D eigenvalue weighted by Crippen LogP contribution is -2.36. The summed E-state index contributed by atoms with van der Waals surface area (Å²) in [6.07, 6.45) is 0. The van der Waals surface area contributed by atoms with Gasteiger partial charge < -0.3 is 24.7 Å². The van der Waals surface area contributed by atoms with Crippen LogP contribution in [0.2, 0.25) is 0 Å². The molecular formula is C22H24N3O4-. The molecule has 1 fully saturated rings. The number of hydrogen-bond acceptors (Lipinski definition) is 7. The zero-order valence-electron chi connectivity index (χ0n) is 16.4. The third kappa shape index (κ3) is 5.70. The highest BCUT2D eigenvalue weighted by atomic mass is 16.5. The van der Waals surface area contributed by atoms with E-state index < -0.39 is 12.0 Å². The molecule has 1 N–H and O–H groups in total. The van der Waals surface area contributed by atoms with Crippen LogP contribution in [0.3, 0.4) is 0 Å². The monoisotopic (exact) mass is 394 g/mol. The summed E-state index contributed by atoms with van der Waals surface area (Å²) in [5, 5.41) is 23.8. The fraction of sp³-hybridized carbons (Fsp3) is 0.364. The molecule has 0 spiro atoms. The number of benzene rings is 2. The van der Waals surface area contributed by atoms with Crippen molar-refractivity contribution in [3.63, 3.8) is 0 Å². The van der Waals surface area contributed by atoms with Gasteiger partial charge in [0.25, 0.3) is 0 Å². The van der Waals surface area contributed by atoms with Crippen LogP contribution in [0, 0.1) is 11.3 Å². The standard InChI is InChI=1S/C22H25N3O4/c1-2-29-20-12-17(15-25-7-9-28-10-8-25)11-18(13-20)21(22(26)27)24-19-5-3-16(14-23)4-6-19/h3-6,11-13,21,24H,2,7-10,15H2,1H3,(H,26,27)/p-1. The van der Waals surface area contributed by atoms with Crippen LogP contribution in [-0.2, 0) is 16.1 Å². The topological polar surface area (TPSA) is 97.7 Å². The van der Waals surface area contributed by atoms with Crippen LogP contribution in [0.5, 0.6) is 5.75 Å². The van der Waals surface area contributed by atoms with E-state index in [-0.39, 0.29) is 0 Å². The molecule has 0 amide bonds. The first kappa shape index (κ1) is 20.6. The Bertz CT molecular complexity index is 871. The molecular weight excluding hydrogens is 370 g/mol. The number of ether oxygens (including phenoxy) is 2. The number of carboxylic acid groups (broad SMARTS) is 1. The van der Waals surface area contributed by atoms with Gasteiger partial charge in [0.05, 0.1) is 43.5 Å². The van der Waals surface area contributed by atoms with Gasteiger partial charge >= 0.3 is 0 Å². The first-order valence-corrected chi connectivity index (χ1v) is 9.63. The van der Waals surface area contributed by atoms with Crippen LogP contribution in [0.4, 0.5) is 5.69 Å². The van der Waals surface area contributed by atoms with E-state index in [1.807, 2.05) is 25.1 Å². The molecule has 1 heterocycles. The first-order valence-electron chi connectivity index (χ1n) is 9.63. The second-order valence-electron chi connectivity index (χ2n) is 6.82. The highest BCUT2D eigenvalue weighted by molar-refractivity contribution is 5.78. The summed E-state index contributed by atoms with van der Waals surface area (Å²) in [7, 11) is 0. The van der Waals surface area contributed by atoms with E-state index in [4.69, 9.17) is 14.7 Å². The third-order valence-corrected chi connectivity index (χ3v) is 4.70. The van der Waals surface area contributed by atoms with Crippen molar-refractivity contribution in [2.24, 2.45) is 0 Å². The molecule has 7 nitrogen and oxygen atoms in total. The van der Waals surface area contributed by atoms with Crippen molar-refractivity contribution in [1.29, 1.82) is 5.26 Å². The lowest BCUT2D eigenvalue weighted by Gasteiger charge is -2.28. The third-order valence-electron chi connectivity index (χ3n) is 4.70. The number of hydrogen-bond donors (Lipinski definition) is 1. The molecule has 29 heavy (non-hydrogen) atoms. The van der Waals surface area contributed by atoms with Crippen molar-refractivity contribution in [3.8, 4) is 11.8 Å². The van der Waals surface area contributed by atoms with Crippen LogP contribution < -0.4 is 15.2 Å². The summed E-state index contributed by atoms with van der Waals surface area (Å²) < 4.78 is 11.1. The zero-order valence-corrected chi connectivity index (χ0v) is 16.4. The van der Waals surface area contributed by atoms with Crippen molar-refractivity contribution < 1.29 is 19.4 Å². The Morgan fingerprint density at radius 2 is 2.00 bits per heavy atom. The number of rotatable bonds is 8. The minimum Gasteiger partial charge on any atom is -0.548 e. The molecule has 1 unspecified atom stereocenters. The van der Waals surface area contributed by atoms with Gasteiger partial charge in [-0.2, -0.15) is 5.26 Å². The van der Waals surface area contributed by atoms with Crippen molar-refractivity contribution in [3.05, 3.63) is 59.2 Å². The lowest BCUT2D eigenvalue weighted by atomic mass is 10.0. The van der Waals surface area contributed by atoms with E-state index in [9.17, 15) is 9.90 Å². The van der Waals surface area contributed by atoms with E-state index in [1.54, 1.807) is 30.3 Å². The van der Waals surface area contributed by atoms with E-state index in [1.165, 1.54) is 0 Å². The van der Waals surface area contributed by atoms with Crippen LogP contribution in [0.25, 0.3) is 0 Å². The van der Waals surface area contributed by atoms with E-state index in [2.05, 4.69) is 10.2 Å². The number of nitrogens with zero attached hydrogens (tertiary/aromatic N) is 2. The largest absolute Gasteiger partial charge is 0.548 e. The molecule has 1 saturated heterocycles. The van der Waals surface area contributed by atoms with Gasteiger partial charge in [0.1, 0.15) is 5.75 Å². The predicted octanol–water partition coefficient (Wildman–Crippen LogP) is 1.69. The Morgan fingerprint density at radius 1 is 1.28 bits per heavy atom. The van der Waals surface area contributed by atoms with Gasteiger partial charge in [0.15, 0.2) is 0 Å². The predicted molar refractivity (Wildman–Crippen MR) is 106 cm³/mol. The average molecular weight is 394 g/mol. The van der Waals surface area contributed by atoms with Crippen LogP contribution in [0.15, 0.2) is 42.5 Å². The van der Waals surface area contributed by atoms with E-state index in [0.717, 1.165) is 18.7 Å². The molecule has 3 rings (SSSR count). The summed E-state index contributed by atoms with van der Waals surface area (Å²) in [5.41, 5.74) is 2.63. The van der Waals surface area contributed by atoms with Gasteiger partial charge in [-0.05, 0) is 54.4 Å². The fourth-order valence-electron chi connectivity index (χ4n) is 3.30. The highest BCUT2D eigenvalue weighted by Crippen LogP contribution is 2.26. The molecule has 0 bridgehead atoms. The molecule has 0 aliphatic carbocycles. The smallest absolute Gasteiger partial charge is 0.119 e. The van der Waals surface area contributed by atoms with Gasteiger partial charge in [0.2, 0.25) is 0 Å². The van der Waals surface area contributed by atoms with Gasteiger partial charge in [-0.15, -0.1) is 0 Å². The molecule has 0 aromatic heterocycles. The number of nitrogens with one attached hydrogen (secondary N) is 1. The van der Waals surface area contributed by atoms with E-state index >= 15 is 0 Å². The van der Waals surface area contributed by atoms with Crippen molar-refractivity contribution in [1.82, 2.24) is 4.90 Å². The SMILES string of the molecule is CCOc1cc(CN2CCOCC2)cc(C(Nc2ccc(C#N)cc2)C(=O)[O-])c1. The molecule has 7 heteroatoms. The number of nitriles is 1. The average Bonchev–Trinajstić information content (AvgIpc) is 2.73. The van der Waals surface area contributed by atoms with Crippen LogP contribution >= 0.6 is 0 Å². The molecule has 1 atom stereocenters. The number of carbonyl (C=O) groups excluding carboxylic acids is 1. The van der Waals surface area contributed by atoms with Crippen molar-refractivity contribution in [2.45, 2.75) is 19.5 Å². The van der Waals surface area contributed by atoms with Crippen LogP contribution in [-0.4, -0.2) is 43.8 Å². The maximum Gasteiger partial charge on any atom is 0.119 e. The zero-order chi connectivity index (χ0) is 20.6. The Morgan fingerprint density at radius 3 is 2.62 bits per heavy atom. The Labute approximate surface area is 170 Å². The normalized spacial score (nSPS) is 15.3. The Kier molecular flexibility index (Phi) is 7.06. The molecule has 2 aromatic carbocycles. The van der Waals surface area contributed by atoms with Gasteiger partial charge in [-0.1, -0.05) is 6.07 Å². The molecule has 0 radical (unpaired) electrons. The summed E-state index contributed by atoms with van der Waals surface area (Å²) in [5.74, 6) is -0.610. The van der Waals surface area contributed by atoms with Crippen LogP contribution in [0.1, 0.15) is 29.7 Å². The molecule has 1 aliphatic heterocycles. The Balaban J connectivity index is 1.86. The molecule has 2 aromatic rings. The number of carbonyl (C=O) groups is 1. The van der Waals surface area contributed by atoms with Crippen molar-refractivity contribution in [2.75, 3.05) is 38.2 Å². The lowest BCUT2D eigenvalue weighted by molar-refractivity contribution is -0.307. The number of aliphatic carboxylic acids is 1. The number of anilines is 1. The molecule has 0 saturated carbocycles. The maximum atomic E-state index is 11.9. The minimum absolute atomic E-state index is 0.486. The second kappa shape index (κ2) is 9.92. The first-order chi connectivity index (χ1) is 14.1. The van der Waals surface area contributed by atoms with E-state index in [0.29, 0.717) is 48.9 Å². The van der Waals surface area contributed by atoms with Gasteiger partial charge in [0, 0.05) is 25.3 Å². The summed E-state index contributed by atoms with van der Waals surface area (Å²) in [6.45, 7) is 6.12. The number of morpholine rings is 1. The minimum atomic E-state index is -1.24. The fourth-order valence-corrected chi connectivity index (χ4v) is 3.30. The molecule has 152 valence electrons.